The zero-order chi connectivity index (χ0) is 12.3. The van der Waals surface area contributed by atoms with Crippen molar-refractivity contribution in [2.24, 2.45) is 0 Å². The van der Waals surface area contributed by atoms with Gasteiger partial charge in [-0.05, 0) is 37.8 Å². The summed E-state index contributed by atoms with van der Waals surface area (Å²) < 4.78 is 0. The fourth-order valence-corrected chi connectivity index (χ4v) is 3.71. The number of aryl methyl sites for hydroxylation is 1. The Morgan fingerprint density at radius 2 is 2.06 bits per heavy atom. The maximum atomic E-state index is 2.33. The van der Waals surface area contributed by atoms with Gasteiger partial charge in [0.15, 0.2) is 0 Å². The predicted molar refractivity (Wildman–Crippen MR) is 77.0 cm³/mol. The molecule has 0 aromatic heterocycles. The summed E-state index contributed by atoms with van der Waals surface area (Å²) in [6.45, 7) is 6.72. The first-order chi connectivity index (χ1) is 8.22. The Hall–Kier alpha value is -1.08. The van der Waals surface area contributed by atoms with Gasteiger partial charge in [-0.15, -0.1) is 0 Å². The normalized spacial score (nSPS) is 14.8. The van der Waals surface area contributed by atoms with Gasteiger partial charge < -0.3 is 0 Å². The lowest BCUT2D eigenvalue weighted by Crippen LogP contribution is -2.20. The molecule has 2 radical (unpaired) electrons. The second-order valence-corrected chi connectivity index (χ2v) is 6.12. The molecule has 0 atom stereocenters. The van der Waals surface area contributed by atoms with Crippen LogP contribution in [0.1, 0.15) is 37.3 Å². The van der Waals surface area contributed by atoms with Gasteiger partial charge in [-0.3, -0.25) is 0 Å². The van der Waals surface area contributed by atoms with E-state index in [0.29, 0.717) is 0 Å². The Labute approximate surface area is 107 Å². The first-order valence-electron chi connectivity index (χ1n) is 6.44. The first-order valence-corrected chi connectivity index (χ1v) is 7.44. The Kier molecular flexibility index (Phi) is 4.00. The van der Waals surface area contributed by atoms with Gasteiger partial charge in [-0.25, -0.2) is 0 Å². The minimum absolute atomic E-state index is 0.861. The van der Waals surface area contributed by atoms with Crippen LogP contribution in [0.5, 0.6) is 0 Å². The van der Waals surface area contributed by atoms with Crippen LogP contribution in [0, 0.1) is 13.8 Å². The average molecular weight is 240 g/mol. The Balaban J connectivity index is 2.21. The van der Waals surface area contributed by atoms with Crippen molar-refractivity contribution in [3.05, 3.63) is 52.2 Å². The monoisotopic (exact) mass is 240 g/mol. The molecule has 0 spiro atoms. The van der Waals surface area contributed by atoms with Crippen molar-refractivity contribution < 1.29 is 0 Å². The van der Waals surface area contributed by atoms with Crippen molar-refractivity contribution in [3.8, 4) is 0 Å². The molecule has 1 aliphatic carbocycles. The van der Waals surface area contributed by atoms with Crippen LogP contribution in [0.4, 0.5) is 0 Å². The summed E-state index contributed by atoms with van der Waals surface area (Å²) in [6.07, 6.45) is 8.31. The number of allylic oxidation sites excluding steroid dienone is 4. The highest BCUT2D eigenvalue weighted by molar-refractivity contribution is 6.62. The van der Waals surface area contributed by atoms with Crippen LogP contribution in [-0.4, -0.2) is 9.52 Å². The van der Waals surface area contributed by atoms with Gasteiger partial charge in [0.1, 0.15) is 9.52 Å². The summed E-state index contributed by atoms with van der Waals surface area (Å²) in [4.78, 5) is 0. The van der Waals surface area contributed by atoms with E-state index < -0.39 is 0 Å². The Morgan fingerprint density at radius 1 is 1.24 bits per heavy atom. The topological polar surface area (TPSA) is 0 Å². The molecule has 1 aliphatic rings. The van der Waals surface area contributed by atoms with Crippen molar-refractivity contribution in [1.82, 2.24) is 0 Å². The maximum absolute atomic E-state index is 2.33. The summed E-state index contributed by atoms with van der Waals surface area (Å²) in [5, 5.41) is 3.18. The standard InChI is InChI=1S/C16H20Si/c1-4-7-14-9-6-11-16(14)17-15-10-5-8-12(2)13(15)3/h5-6,8-10H,4,7,11H2,1-3H3. The fourth-order valence-electron chi connectivity index (χ4n) is 2.23. The molecule has 1 aromatic rings. The van der Waals surface area contributed by atoms with Gasteiger partial charge in [-0.1, -0.05) is 59.7 Å². The van der Waals surface area contributed by atoms with E-state index in [2.05, 4.69) is 51.1 Å². The molecule has 0 heterocycles. The van der Waals surface area contributed by atoms with Crippen LogP contribution in [0.15, 0.2) is 41.1 Å². The van der Waals surface area contributed by atoms with Gasteiger partial charge in [0.25, 0.3) is 0 Å². The van der Waals surface area contributed by atoms with Crippen LogP contribution in [0.25, 0.3) is 0 Å². The summed E-state index contributed by atoms with van der Waals surface area (Å²) in [7, 11) is 0.861. The molecular weight excluding hydrogens is 220 g/mol. The van der Waals surface area contributed by atoms with E-state index in [1.54, 1.807) is 10.8 Å². The molecule has 0 amide bonds. The molecule has 0 saturated carbocycles. The van der Waals surface area contributed by atoms with E-state index in [1.165, 1.54) is 35.6 Å². The van der Waals surface area contributed by atoms with E-state index in [0.717, 1.165) is 9.52 Å². The number of rotatable bonds is 4. The van der Waals surface area contributed by atoms with E-state index in [-0.39, 0.29) is 0 Å². The van der Waals surface area contributed by atoms with Crippen LogP contribution >= 0.6 is 0 Å². The van der Waals surface area contributed by atoms with Crippen LogP contribution in [-0.2, 0) is 0 Å². The molecule has 0 aliphatic heterocycles. The lowest BCUT2D eigenvalue weighted by Gasteiger charge is -2.10. The first kappa shape index (κ1) is 12.4. The smallest absolute Gasteiger partial charge is 0.0806 e. The summed E-state index contributed by atoms with van der Waals surface area (Å²) in [5.41, 5.74) is 4.48. The average Bonchev–Trinajstić information content (AvgIpc) is 2.73. The van der Waals surface area contributed by atoms with Crippen molar-refractivity contribution in [1.29, 1.82) is 0 Å². The van der Waals surface area contributed by atoms with Crippen LogP contribution in [0.2, 0.25) is 0 Å². The Morgan fingerprint density at radius 3 is 2.82 bits per heavy atom. The minimum atomic E-state index is 0.861. The fraction of sp³-hybridized carbons (Fsp3) is 0.375. The summed E-state index contributed by atoms with van der Waals surface area (Å²) in [6, 6.07) is 6.68. The lowest BCUT2D eigenvalue weighted by molar-refractivity contribution is 0.924. The molecule has 0 nitrogen and oxygen atoms in total. The van der Waals surface area contributed by atoms with Crippen LogP contribution in [0.3, 0.4) is 0 Å². The zero-order valence-electron chi connectivity index (χ0n) is 11.0. The van der Waals surface area contributed by atoms with Crippen molar-refractivity contribution in [2.75, 3.05) is 0 Å². The SMILES string of the molecule is CCCC1=C([Si]c2cccc(C)c2C)CC=C1. The van der Waals surface area contributed by atoms with Crippen molar-refractivity contribution in [3.63, 3.8) is 0 Å². The molecule has 1 heteroatoms. The predicted octanol–water partition coefficient (Wildman–Crippen LogP) is 3.65. The molecule has 1 aromatic carbocycles. The van der Waals surface area contributed by atoms with E-state index in [9.17, 15) is 0 Å². The van der Waals surface area contributed by atoms with E-state index in [4.69, 9.17) is 0 Å². The van der Waals surface area contributed by atoms with Gasteiger partial charge in [0.05, 0.1) is 0 Å². The molecule has 88 valence electrons. The second-order valence-electron chi connectivity index (χ2n) is 4.73. The van der Waals surface area contributed by atoms with Gasteiger partial charge in [0, 0.05) is 0 Å². The molecular formula is C16H20Si. The van der Waals surface area contributed by atoms with E-state index in [1.807, 2.05) is 0 Å². The molecule has 0 N–H and O–H groups in total. The van der Waals surface area contributed by atoms with Crippen LogP contribution < -0.4 is 5.19 Å². The van der Waals surface area contributed by atoms with Gasteiger partial charge in [-0.2, -0.15) is 0 Å². The summed E-state index contributed by atoms with van der Waals surface area (Å²) in [5.74, 6) is 0. The second kappa shape index (κ2) is 5.50. The van der Waals surface area contributed by atoms with Crippen molar-refractivity contribution >= 4 is 14.7 Å². The maximum Gasteiger partial charge on any atom is 0.117 e. The van der Waals surface area contributed by atoms with Gasteiger partial charge >= 0.3 is 0 Å². The third-order valence-corrected chi connectivity index (χ3v) is 5.08. The largest absolute Gasteiger partial charge is 0.117 e. The highest BCUT2D eigenvalue weighted by atomic mass is 28.2. The van der Waals surface area contributed by atoms with E-state index >= 15 is 0 Å². The highest BCUT2D eigenvalue weighted by Crippen LogP contribution is 2.22. The van der Waals surface area contributed by atoms with Gasteiger partial charge in [0.2, 0.25) is 0 Å². The molecule has 0 saturated heterocycles. The zero-order valence-corrected chi connectivity index (χ0v) is 12.0. The quantitative estimate of drug-likeness (QED) is 0.705. The minimum Gasteiger partial charge on any atom is -0.0806 e. The molecule has 0 unspecified atom stereocenters. The highest BCUT2D eigenvalue weighted by Gasteiger charge is 2.11. The number of hydrogen-bond acceptors (Lipinski definition) is 0. The molecule has 2 rings (SSSR count). The number of benzene rings is 1. The molecule has 0 fully saturated rings. The molecule has 0 bridgehead atoms. The third-order valence-electron chi connectivity index (χ3n) is 3.44. The van der Waals surface area contributed by atoms with Crippen molar-refractivity contribution in [2.45, 2.75) is 40.0 Å². The number of hydrogen-bond donors (Lipinski definition) is 0. The lowest BCUT2D eigenvalue weighted by atomic mass is 10.1. The third kappa shape index (κ3) is 2.78. The molecule has 17 heavy (non-hydrogen) atoms. The Bertz CT molecular complexity index is 466. The summed E-state index contributed by atoms with van der Waals surface area (Å²) >= 11 is 0.